The predicted octanol–water partition coefficient (Wildman–Crippen LogP) is 1.98. The zero-order chi connectivity index (χ0) is 13.8. The van der Waals surface area contributed by atoms with Crippen LogP contribution >= 0.6 is 0 Å². The van der Waals surface area contributed by atoms with E-state index >= 15 is 0 Å². The van der Waals surface area contributed by atoms with Crippen LogP contribution in [-0.2, 0) is 10.0 Å². The topological polar surface area (TPSA) is 71.1 Å². The first-order valence-corrected chi connectivity index (χ1v) is 7.46. The van der Waals surface area contributed by atoms with Crippen LogP contribution in [0.5, 0.6) is 0 Å². The molecule has 0 saturated carbocycles. The van der Waals surface area contributed by atoms with E-state index in [0.717, 1.165) is 13.0 Å². The quantitative estimate of drug-likeness (QED) is 0.859. The molecule has 18 heavy (non-hydrogen) atoms. The van der Waals surface area contributed by atoms with Gasteiger partial charge in [-0.1, -0.05) is 6.92 Å². The largest absolute Gasteiger partial charge is 0.384 e. The molecule has 0 aliphatic rings. The minimum Gasteiger partial charge on any atom is -0.384 e. The second-order valence-corrected chi connectivity index (χ2v) is 6.80. The fourth-order valence-corrected chi connectivity index (χ4v) is 3.00. The van der Waals surface area contributed by atoms with E-state index in [-0.39, 0.29) is 4.90 Å². The highest BCUT2D eigenvalue weighted by Crippen LogP contribution is 2.21. The molecule has 0 amide bonds. The van der Waals surface area contributed by atoms with E-state index < -0.39 is 15.6 Å². The van der Waals surface area contributed by atoms with Crippen molar-refractivity contribution in [2.75, 3.05) is 11.9 Å². The van der Waals surface area contributed by atoms with Gasteiger partial charge in [0, 0.05) is 24.5 Å². The molecule has 0 radical (unpaired) electrons. The van der Waals surface area contributed by atoms with Crippen molar-refractivity contribution in [3.05, 3.63) is 18.5 Å². The van der Waals surface area contributed by atoms with Crippen molar-refractivity contribution >= 4 is 15.7 Å². The van der Waals surface area contributed by atoms with E-state index in [4.69, 9.17) is 0 Å². The molecule has 0 saturated heterocycles. The molecule has 0 unspecified atom stereocenters. The lowest BCUT2D eigenvalue weighted by molar-refractivity contribution is 0.491. The maximum absolute atomic E-state index is 12.2. The Labute approximate surface area is 109 Å². The number of hydrogen-bond donors (Lipinski definition) is 2. The predicted molar refractivity (Wildman–Crippen MR) is 73.1 cm³/mol. The van der Waals surface area contributed by atoms with E-state index in [0.29, 0.717) is 5.69 Å². The van der Waals surface area contributed by atoms with Crippen LogP contribution in [0, 0.1) is 0 Å². The van der Waals surface area contributed by atoms with Crippen LogP contribution in [0.15, 0.2) is 23.4 Å². The number of nitrogens with one attached hydrogen (secondary N) is 2. The van der Waals surface area contributed by atoms with E-state index in [1.165, 1.54) is 6.20 Å². The van der Waals surface area contributed by atoms with Crippen molar-refractivity contribution in [2.24, 2.45) is 0 Å². The van der Waals surface area contributed by atoms with Crippen LogP contribution in [0.3, 0.4) is 0 Å². The van der Waals surface area contributed by atoms with Gasteiger partial charge < -0.3 is 5.32 Å². The summed E-state index contributed by atoms with van der Waals surface area (Å²) in [6.07, 6.45) is 3.87. The number of aromatic nitrogens is 1. The van der Waals surface area contributed by atoms with Gasteiger partial charge in [0.25, 0.3) is 0 Å². The number of sulfonamides is 1. The molecule has 1 rings (SSSR count). The fraction of sp³-hybridized carbons (Fsp3) is 0.583. The van der Waals surface area contributed by atoms with E-state index in [9.17, 15) is 8.42 Å². The average molecular weight is 271 g/mol. The summed E-state index contributed by atoms with van der Waals surface area (Å²) in [7, 11) is -3.55. The summed E-state index contributed by atoms with van der Waals surface area (Å²) in [5.41, 5.74) is 0.0695. The Hall–Kier alpha value is -1.14. The van der Waals surface area contributed by atoms with E-state index in [1.807, 2.05) is 6.92 Å². The van der Waals surface area contributed by atoms with Crippen molar-refractivity contribution in [2.45, 2.75) is 44.6 Å². The van der Waals surface area contributed by atoms with Gasteiger partial charge in [0.05, 0.1) is 5.69 Å². The van der Waals surface area contributed by atoms with Gasteiger partial charge in [-0.3, -0.25) is 4.98 Å². The molecule has 0 bridgehead atoms. The SMILES string of the molecule is CCCNc1ccncc1S(=O)(=O)NC(C)(C)C. The van der Waals surface area contributed by atoms with Gasteiger partial charge in [0.1, 0.15) is 4.90 Å². The molecule has 0 aromatic carbocycles. The summed E-state index contributed by atoms with van der Waals surface area (Å²) < 4.78 is 27.1. The third-order valence-corrected chi connectivity index (χ3v) is 3.87. The summed E-state index contributed by atoms with van der Waals surface area (Å²) in [6, 6.07) is 1.67. The number of anilines is 1. The lowest BCUT2D eigenvalue weighted by Gasteiger charge is -2.21. The first kappa shape index (κ1) is 14.9. The van der Waals surface area contributed by atoms with Gasteiger partial charge in [0.2, 0.25) is 10.0 Å². The molecule has 0 fully saturated rings. The minimum absolute atomic E-state index is 0.188. The Bertz CT molecular complexity index is 492. The molecule has 5 nitrogen and oxygen atoms in total. The Morgan fingerprint density at radius 1 is 1.33 bits per heavy atom. The van der Waals surface area contributed by atoms with Crippen molar-refractivity contribution in [3.8, 4) is 0 Å². The molecule has 0 aliphatic heterocycles. The number of rotatable bonds is 5. The minimum atomic E-state index is -3.55. The third-order valence-electron chi connectivity index (χ3n) is 2.08. The summed E-state index contributed by atoms with van der Waals surface area (Å²) >= 11 is 0. The molecule has 1 heterocycles. The summed E-state index contributed by atoms with van der Waals surface area (Å²) in [5.74, 6) is 0. The zero-order valence-electron chi connectivity index (χ0n) is 11.3. The first-order valence-electron chi connectivity index (χ1n) is 5.98. The van der Waals surface area contributed by atoms with Crippen LogP contribution in [0.4, 0.5) is 5.69 Å². The molecule has 102 valence electrons. The standard InChI is InChI=1S/C12H21N3O2S/c1-5-7-14-10-6-8-13-9-11(10)18(16,17)15-12(2,3)4/h6,8-9,15H,5,7H2,1-4H3,(H,13,14). The van der Waals surface area contributed by atoms with Crippen LogP contribution in [0.1, 0.15) is 34.1 Å². The van der Waals surface area contributed by atoms with Crippen molar-refractivity contribution in [1.29, 1.82) is 0 Å². The van der Waals surface area contributed by atoms with Gasteiger partial charge in [-0.2, -0.15) is 0 Å². The lowest BCUT2D eigenvalue weighted by Crippen LogP contribution is -2.40. The van der Waals surface area contributed by atoms with Crippen LogP contribution < -0.4 is 10.0 Å². The lowest BCUT2D eigenvalue weighted by atomic mass is 10.1. The summed E-state index contributed by atoms with van der Waals surface area (Å²) in [6.45, 7) is 8.16. The summed E-state index contributed by atoms with van der Waals surface area (Å²) in [5, 5.41) is 3.10. The number of hydrogen-bond acceptors (Lipinski definition) is 4. The Kier molecular flexibility index (Phi) is 4.70. The van der Waals surface area contributed by atoms with E-state index in [1.54, 1.807) is 33.0 Å². The molecule has 1 aromatic heterocycles. The normalized spacial score (nSPS) is 12.4. The molecule has 6 heteroatoms. The van der Waals surface area contributed by atoms with Crippen LogP contribution in [0.25, 0.3) is 0 Å². The fourth-order valence-electron chi connectivity index (χ4n) is 1.46. The molecule has 2 N–H and O–H groups in total. The highest BCUT2D eigenvalue weighted by atomic mass is 32.2. The second-order valence-electron chi connectivity index (χ2n) is 5.15. The van der Waals surface area contributed by atoms with Gasteiger partial charge >= 0.3 is 0 Å². The Morgan fingerprint density at radius 3 is 2.56 bits per heavy atom. The van der Waals surface area contributed by atoms with Gasteiger partial charge in [0.15, 0.2) is 0 Å². The van der Waals surface area contributed by atoms with Crippen LogP contribution in [-0.4, -0.2) is 25.5 Å². The zero-order valence-corrected chi connectivity index (χ0v) is 12.1. The number of pyridine rings is 1. The average Bonchev–Trinajstić information content (AvgIpc) is 2.23. The molecule has 0 atom stereocenters. The second kappa shape index (κ2) is 5.67. The number of nitrogens with zero attached hydrogens (tertiary/aromatic N) is 1. The molecular formula is C12H21N3O2S. The molecular weight excluding hydrogens is 250 g/mol. The van der Waals surface area contributed by atoms with Crippen molar-refractivity contribution in [1.82, 2.24) is 9.71 Å². The van der Waals surface area contributed by atoms with Crippen LogP contribution in [0.2, 0.25) is 0 Å². The van der Waals surface area contributed by atoms with Crippen molar-refractivity contribution in [3.63, 3.8) is 0 Å². The Balaban J connectivity index is 3.08. The van der Waals surface area contributed by atoms with Crippen molar-refractivity contribution < 1.29 is 8.42 Å². The van der Waals surface area contributed by atoms with Gasteiger partial charge in [-0.05, 0) is 33.3 Å². The first-order chi connectivity index (χ1) is 8.26. The smallest absolute Gasteiger partial charge is 0.244 e. The maximum atomic E-state index is 12.2. The highest BCUT2D eigenvalue weighted by molar-refractivity contribution is 7.89. The van der Waals surface area contributed by atoms with Gasteiger partial charge in [-0.25, -0.2) is 13.1 Å². The maximum Gasteiger partial charge on any atom is 0.244 e. The molecule has 0 spiro atoms. The highest BCUT2D eigenvalue weighted by Gasteiger charge is 2.24. The Morgan fingerprint density at radius 2 is 2.00 bits per heavy atom. The summed E-state index contributed by atoms with van der Waals surface area (Å²) in [4.78, 5) is 4.08. The third kappa shape index (κ3) is 4.27. The molecule has 1 aromatic rings. The van der Waals surface area contributed by atoms with Gasteiger partial charge in [-0.15, -0.1) is 0 Å². The van der Waals surface area contributed by atoms with E-state index in [2.05, 4.69) is 15.0 Å². The monoisotopic (exact) mass is 271 g/mol. The molecule has 0 aliphatic carbocycles.